The van der Waals surface area contributed by atoms with E-state index in [-0.39, 0.29) is 16.1 Å². The number of aromatic nitrogens is 1. The summed E-state index contributed by atoms with van der Waals surface area (Å²) >= 11 is 0. The molecule has 1 N–H and O–H groups in total. The van der Waals surface area contributed by atoms with Crippen molar-refractivity contribution in [1.82, 2.24) is 9.29 Å². The molecular weight excluding hydrogens is 384 g/mol. The number of Topliss-reactive ketones (excluding diaryl/α,β-unsaturated/α-hetero) is 1. The number of hydrogen-bond acceptors (Lipinski definition) is 3. The number of fused-ring (bicyclic) bond motifs is 1. The van der Waals surface area contributed by atoms with E-state index in [4.69, 9.17) is 0 Å². The Bertz CT molecular complexity index is 988. The fourth-order valence-corrected chi connectivity index (χ4v) is 6.13. The summed E-state index contributed by atoms with van der Waals surface area (Å²) in [6, 6.07) is 0. The number of carbonyl (C=O) groups excluding carboxylic acids is 1. The molecule has 2 aliphatic rings. The lowest BCUT2D eigenvalue weighted by Gasteiger charge is -2.28. The minimum atomic E-state index is -3.59. The van der Waals surface area contributed by atoms with Crippen molar-refractivity contribution in [2.24, 2.45) is 5.41 Å². The van der Waals surface area contributed by atoms with Crippen molar-refractivity contribution >= 4 is 15.8 Å². The SMILES string of the molecule is C=C(Cc1c(C)[nH]c2c1C(=O)CC(C)(C)C2)/C(=C\C=C/C)S(=O)(=O)N1CCCC1. The molecule has 1 aromatic heterocycles. The third kappa shape index (κ3) is 4.33. The number of sulfonamides is 1. The van der Waals surface area contributed by atoms with E-state index < -0.39 is 10.0 Å². The van der Waals surface area contributed by atoms with Gasteiger partial charge in [-0.15, -0.1) is 0 Å². The van der Waals surface area contributed by atoms with Crippen molar-refractivity contribution in [1.29, 1.82) is 0 Å². The number of H-pyrrole nitrogens is 1. The van der Waals surface area contributed by atoms with Crippen LogP contribution in [0.15, 0.2) is 35.3 Å². The molecule has 0 amide bonds. The number of aromatic amines is 1. The Morgan fingerprint density at radius 1 is 1.24 bits per heavy atom. The maximum absolute atomic E-state index is 13.2. The molecule has 1 aliphatic heterocycles. The number of carbonyl (C=O) groups is 1. The van der Waals surface area contributed by atoms with Crippen molar-refractivity contribution in [2.75, 3.05) is 13.1 Å². The Balaban J connectivity index is 1.96. The van der Waals surface area contributed by atoms with Gasteiger partial charge in [-0.2, -0.15) is 4.31 Å². The lowest BCUT2D eigenvalue weighted by atomic mass is 9.75. The van der Waals surface area contributed by atoms with Crippen LogP contribution in [0.1, 0.15) is 67.3 Å². The van der Waals surface area contributed by atoms with Gasteiger partial charge in [-0.05, 0) is 55.7 Å². The van der Waals surface area contributed by atoms with Crippen LogP contribution in [0, 0.1) is 12.3 Å². The molecule has 1 fully saturated rings. The molecule has 1 aromatic rings. The minimum Gasteiger partial charge on any atom is -0.362 e. The molecule has 6 heteroatoms. The highest BCUT2D eigenvalue weighted by atomic mass is 32.2. The van der Waals surface area contributed by atoms with Gasteiger partial charge < -0.3 is 4.98 Å². The molecule has 29 heavy (non-hydrogen) atoms. The molecule has 1 aliphatic carbocycles. The normalized spacial score (nSPS) is 20.4. The van der Waals surface area contributed by atoms with Crippen LogP contribution in [0.25, 0.3) is 0 Å². The van der Waals surface area contributed by atoms with Crippen molar-refractivity contribution in [3.05, 3.63) is 57.8 Å². The van der Waals surface area contributed by atoms with E-state index in [9.17, 15) is 13.2 Å². The van der Waals surface area contributed by atoms with Gasteiger partial charge in [0.05, 0.1) is 4.91 Å². The Morgan fingerprint density at radius 3 is 2.52 bits per heavy atom. The maximum atomic E-state index is 13.2. The van der Waals surface area contributed by atoms with E-state index in [2.05, 4.69) is 25.4 Å². The van der Waals surface area contributed by atoms with Crippen molar-refractivity contribution in [2.45, 2.75) is 59.8 Å². The molecule has 0 saturated carbocycles. The number of ketones is 1. The Kier molecular flexibility index (Phi) is 6.06. The first-order valence-electron chi connectivity index (χ1n) is 10.3. The Labute approximate surface area is 174 Å². The molecule has 0 aromatic carbocycles. The van der Waals surface area contributed by atoms with Crippen LogP contribution in [-0.4, -0.2) is 36.6 Å². The van der Waals surface area contributed by atoms with Gasteiger partial charge in [-0.25, -0.2) is 8.42 Å². The predicted octanol–water partition coefficient (Wildman–Crippen LogP) is 4.46. The fraction of sp³-hybridized carbons (Fsp3) is 0.522. The number of rotatable bonds is 6. The molecular formula is C23H32N2O3S. The van der Waals surface area contributed by atoms with E-state index in [1.54, 1.807) is 16.5 Å². The summed E-state index contributed by atoms with van der Waals surface area (Å²) in [5, 5.41) is 0. The number of nitrogens with one attached hydrogen (secondary N) is 1. The van der Waals surface area contributed by atoms with Crippen LogP contribution in [0.2, 0.25) is 0 Å². The minimum absolute atomic E-state index is 0.0638. The van der Waals surface area contributed by atoms with Gasteiger partial charge in [0.2, 0.25) is 10.0 Å². The highest BCUT2D eigenvalue weighted by Gasteiger charge is 2.36. The summed E-state index contributed by atoms with van der Waals surface area (Å²) in [6.45, 7) is 13.2. The van der Waals surface area contributed by atoms with Crippen LogP contribution < -0.4 is 0 Å². The summed E-state index contributed by atoms with van der Waals surface area (Å²) in [6.07, 6.45) is 8.62. The van der Waals surface area contributed by atoms with Crippen molar-refractivity contribution < 1.29 is 13.2 Å². The average Bonchev–Trinajstić information content (AvgIpc) is 3.23. The van der Waals surface area contributed by atoms with Gasteiger partial charge in [-0.1, -0.05) is 32.6 Å². The van der Waals surface area contributed by atoms with E-state index in [0.717, 1.165) is 41.8 Å². The molecule has 0 atom stereocenters. The second-order valence-corrected chi connectivity index (χ2v) is 10.9. The molecule has 0 radical (unpaired) electrons. The second-order valence-electron chi connectivity index (χ2n) is 8.97. The molecule has 2 heterocycles. The highest BCUT2D eigenvalue weighted by molar-refractivity contribution is 7.93. The van der Waals surface area contributed by atoms with Crippen LogP contribution in [0.5, 0.6) is 0 Å². The zero-order valence-corrected chi connectivity index (χ0v) is 18.8. The molecule has 0 unspecified atom stereocenters. The highest BCUT2D eigenvalue weighted by Crippen LogP contribution is 2.38. The predicted molar refractivity (Wildman–Crippen MR) is 117 cm³/mol. The van der Waals surface area contributed by atoms with Gasteiger partial charge in [0.25, 0.3) is 0 Å². The second kappa shape index (κ2) is 8.07. The summed E-state index contributed by atoms with van der Waals surface area (Å²) in [4.78, 5) is 16.5. The largest absolute Gasteiger partial charge is 0.362 e. The number of hydrogen-bond donors (Lipinski definition) is 1. The van der Waals surface area contributed by atoms with Gasteiger partial charge in [-0.3, -0.25) is 4.79 Å². The molecule has 5 nitrogen and oxygen atoms in total. The van der Waals surface area contributed by atoms with Gasteiger partial charge >= 0.3 is 0 Å². The van der Waals surface area contributed by atoms with E-state index in [1.165, 1.54) is 0 Å². The van der Waals surface area contributed by atoms with Crippen LogP contribution in [-0.2, 0) is 22.9 Å². The number of allylic oxidation sites excluding steroid dienone is 4. The van der Waals surface area contributed by atoms with Crippen LogP contribution >= 0.6 is 0 Å². The molecule has 1 saturated heterocycles. The third-order valence-corrected chi connectivity index (χ3v) is 7.85. The zero-order valence-electron chi connectivity index (χ0n) is 18.0. The summed E-state index contributed by atoms with van der Waals surface area (Å²) in [5.74, 6) is 0.129. The zero-order chi connectivity index (χ0) is 21.4. The first kappa shape index (κ1) is 21.8. The quantitative estimate of drug-likeness (QED) is 0.696. The van der Waals surface area contributed by atoms with E-state index >= 15 is 0 Å². The van der Waals surface area contributed by atoms with E-state index in [1.807, 2.05) is 19.9 Å². The first-order chi connectivity index (χ1) is 13.6. The van der Waals surface area contributed by atoms with Gasteiger partial charge in [0.15, 0.2) is 5.78 Å². The summed E-state index contributed by atoms with van der Waals surface area (Å²) < 4.78 is 28.0. The Morgan fingerprint density at radius 2 is 1.90 bits per heavy atom. The van der Waals surface area contributed by atoms with Gasteiger partial charge in [0.1, 0.15) is 0 Å². The lowest BCUT2D eigenvalue weighted by Crippen LogP contribution is -2.30. The number of nitrogens with zero attached hydrogens (tertiary/aromatic N) is 1. The molecule has 0 bridgehead atoms. The summed E-state index contributed by atoms with van der Waals surface area (Å²) in [5.41, 5.74) is 3.98. The average molecular weight is 417 g/mol. The van der Waals surface area contributed by atoms with E-state index in [0.29, 0.717) is 31.5 Å². The molecule has 158 valence electrons. The molecule has 0 spiro atoms. The lowest BCUT2D eigenvalue weighted by molar-refractivity contribution is 0.0911. The van der Waals surface area contributed by atoms with Crippen molar-refractivity contribution in [3.63, 3.8) is 0 Å². The van der Waals surface area contributed by atoms with Crippen LogP contribution in [0.3, 0.4) is 0 Å². The standard InChI is InChI=1S/C23H32N2O3S/c1-6-7-10-21(29(27,28)25-11-8-9-12-25)16(2)13-18-17(3)24-19-14-23(4,5)15-20(26)22(18)19/h6-7,10,24H,2,8-9,11-15H2,1,3-5H3/b7-6-,21-10+. The van der Waals surface area contributed by atoms with Gasteiger partial charge in [0, 0.05) is 42.9 Å². The van der Waals surface area contributed by atoms with Crippen LogP contribution in [0.4, 0.5) is 0 Å². The Hall–Kier alpha value is -1.92. The smallest absolute Gasteiger partial charge is 0.243 e. The first-order valence-corrected chi connectivity index (χ1v) is 11.8. The maximum Gasteiger partial charge on any atom is 0.243 e. The van der Waals surface area contributed by atoms with Crippen molar-refractivity contribution in [3.8, 4) is 0 Å². The topological polar surface area (TPSA) is 70.2 Å². The number of aryl methyl sites for hydroxylation is 1. The fourth-order valence-electron chi connectivity index (χ4n) is 4.43. The monoisotopic (exact) mass is 416 g/mol. The molecule has 3 rings (SSSR count). The summed E-state index contributed by atoms with van der Waals surface area (Å²) in [7, 11) is -3.59. The third-order valence-electron chi connectivity index (χ3n) is 5.83.